The van der Waals surface area contributed by atoms with Crippen molar-refractivity contribution in [1.29, 1.82) is 0 Å². The van der Waals surface area contributed by atoms with Gasteiger partial charge in [-0.15, -0.1) is 0 Å². The second kappa shape index (κ2) is 4.67. The first-order valence-corrected chi connectivity index (χ1v) is 5.69. The first-order valence-electron chi connectivity index (χ1n) is 5.69. The van der Waals surface area contributed by atoms with Crippen LogP contribution in [-0.4, -0.2) is 31.4 Å². The number of carbonyl (C=O) groups is 2. The van der Waals surface area contributed by atoms with Gasteiger partial charge in [0.1, 0.15) is 0 Å². The van der Waals surface area contributed by atoms with Gasteiger partial charge in [-0.1, -0.05) is 11.6 Å². The lowest BCUT2D eigenvalue weighted by Gasteiger charge is -2.16. The maximum absolute atomic E-state index is 11.8. The van der Waals surface area contributed by atoms with Crippen molar-refractivity contribution in [3.63, 3.8) is 0 Å². The maximum atomic E-state index is 11.8. The topological polar surface area (TPSA) is 46.6 Å². The number of fused-ring (bicyclic) bond motifs is 1. The van der Waals surface area contributed by atoms with Gasteiger partial charge in [0.05, 0.1) is 17.9 Å². The molecule has 1 aromatic carbocycles. The van der Waals surface area contributed by atoms with Gasteiger partial charge in [0.2, 0.25) is 0 Å². The largest absolute Gasteiger partial charge is 0.380 e. The highest BCUT2D eigenvalue weighted by atomic mass is 16.5. The molecule has 1 aliphatic rings. The van der Waals surface area contributed by atoms with Crippen LogP contribution >= 0.6 is 0 Å². The molecule has 0 aliphatic carbocycles. The van der Waals surface area contributed by atoms with Crippen molar-refractivity contribution in [2.75, 3.05) is 24.7 Å². The smallest absolute Gasteiger partial charge is 0.299 e. The minimum absolute atomic E-state index is 0.416. The van der Waals surface area contributed by atoms with Crippen molar-refractivity contribution in [3.05, 3.63) is 29.3 Å². The summed E-state index contributed by atoms with van der Waals surface area (Å²) in [5.74, 6) is -0.870. The average Bonchev–Trinajstić information content (AvgIpc) is 2.54. The molecule has 1 amide bonds. The minimum atomic E-state index is -0.453. The van der Waals surface area contributed by atoms with E-state index in [9.17, 15) is 9.59 Å². The highest BCUT2D eigenvalue weighted by Crippen LogP contribution is 2.29. The number of amides is 1. The number of nitrogens with zero attached hydrogens (tertiary/aromatic N) is 1. The summed E-state index contributed by atoms with van der Waals surface area (Å²) in [4.78, 5) is 25.0. The Hall–Kier alpha value is -1.68. The zero-order chi connectivity index (χ0) is 12.4. The molecule has 0 radical (unpaired) electrons. The molecular weight excluding hydrogens is 218 g/mol. The van der Waals surface area contributed by atoms with Crippen LogP contribution in [-0.2, 0) is 9.53 Å². The summed E-state index contributed by atoms with van der Waals surface area (Å²) < 4.78 is 5.21. The van der Waals surface area contributed by atoms with Crippen molar-refractivity contribution < 1.29 is 14.3 Å². The Morgan fingerprint density at radius 3 is 2.76 bits per heavy atom. The Bertz CT molecular complexity index is 468. The molecule has 1 heterocycles. The van der Waals surface area contributed by atoms with Gasteiger partial charge in [-0.05, 0) is 26.0 Å². The van der Waals surface area contributed by atoms with Crippen LogP contribution in [0, 0.1) is 6.92 Å². The summed E-state index contributed by atoms with van der Waals surface area (Å²) in [6.45, 7) is 5.28. The maximum Gasteiger partial charge on any atom is 0.299 e. The Kier molecular flexibility index (Phi) is 3.24. The molecule has 4 heteroatoms. The van der Waals surface area contributed by atoms with E-state index in [0.717, 1.165) is 5.56 Å². The summed E-state index contributed by atoms with van der Waals surface area (Å²) in [7, 11) is 0. The third kappa shape index (κ3) is 2.08. The first-order chi connectivity index (χ1) is 8.15. The molecule has 0 bridgehead atoms. The zero-order valence-electron chi connectivity index (χ0n) is 10.0. The molecule has 17 heavy (non-hydrogen) atoms. The zero-order valence-corrected chi connectivity index (χ0v) is 10.0. The molecule has 0 saturated carbocycles. The quantitative estimate of drug-likeness (QED) is 0.585. The van der Waals surface area contributed by atoms with Gasteiger partial charge < -0.3 is 9.64 Å². The number of rotatable bonds is 4. The van der Waals surface area contributed by atoms with Gasteiger partial charge in [-0.2, -0.15) is 0 Å². The van der Waals surface area contributed by atoms with Gasteiger partial charge in [-0.25, -0.2) is 0 Å². The molecule has 0 saturated heterocycles. The minimum Gasteiger partial charge on any atom is -0.380 e. The summed E-state index contributed by atoms with van der Waals surface area (Å²) in [5.41, 5.74) is 2.19. The van der Waals surface area contributed by atoms with Gasteiger partial charge in [0.25, 0.3) is 11.7 Å². The molecule has 0 fully saturated rings. The SMILES string of the molecule is CCOCCN1C(=O)C(=O)c2cc(C)ccc21. The molecule has 0 aromatic heterocycles. The Balaban J connectivity index is 2.25. The fraction of sp³-hybridized carbons (Fsp3) is 0.385. The Morgan fingerprint density at radius 2 is 2.06 bits per heavy atom. The lowest BCUT2D eigenvalue weighted by Crippen LogP contribution is -2.32. The molecule has 0 atom stereocenters. The van der Waals surface area contributed by atoms with E-state index in [1.807, 2.05) is 26.0 Å². The third-order valence-electron chi connectivity index (χ3n) is 2.79. The number of carbonyl (C=O) groups excluding carboxylic acids is 2. The van der Waals surface area contributed by atoms with Crippen molar-refractivity contribution in [2.45, 2.75) is 13.8 Å². The Labute approximate surface area is 100 Å². The van der Waals surface area contributed by atoms with Gasteiger partial charge in [-0.3, -0.25) is 9.59 Å². The third-order valence-corrected chi connectivity index (χ3v) is 2.79. The summed E-state index contributed by atoms with van der Waals surface area (Å²) in [6, 6.07) is 5.48. The summed E-state index contributed by atoms with van der Waals surface area (Å²) >= 11 is 0. The first kappa shape index (κ1) is 11.8. The standard InChI is InChI=1S/C13H15NO3/c1-3-17-7-6-14-11-5-4-9(2)8-10(11)12(15)13(14)16/h4-5,8H,3,6-7H2,1-2H3. The number of anilines is 1. The van der Waals surface area contributed by atoms with E-state index >= 15 is 0 Å². The lowest BCUT2D eigenvalue weighted by molar-refractivity contribution is -0.114. The Morgan fingerprint density at radius 1 is 1.29 bits per heavy atom. The van der Waals surface area contributed by atoms with Crippen LogP contribution in [0.4, 0.5) is 5.69 Å². The van der Waals surface area contributed by atoms with Crippen LogP contribution < -0.4 is 4.90 Å². The number of hydrogen-bond acceptors (Lipinski definition) is 3. The molecule has 0 spiro atoms. The number of aryl methyl sites for hydroxylation is 1. The van der Waals surface area contributed by atoms with E-state index in [1.165, 1.54) is 4.90 Å². The average molecular weight is 233 g/mol. The predicted molar refractivity (Wildman–Crippen MR) is 64.4 cm³/mol. The van der Waals surface area contributed by atoms with Gasteiger partial charge >= 0.3 is 0 Å². The van der Waals surface area contributed by atoms with E-state index in [2.05, 4.69) is 0 Å². The summed E-state index contributed by atoms with van der Waals surface area (Å²) in [5, 5.41) is 0. The van der Waals surface area contributed by atoms with Crippen molar-refractivity contribution in [3.8, 4) is 0 Å². The van der Waals surface area contributed by atoms with Crippen LogP contribution in [0.1, 0.15) is 22.8 Å². The molecule has 0 unspecified atom stereocenters. The van der Waals surface area contributed by atoms with Crippen molar-refractivity contribution in [1.82, 2.24) is 0 Å². The number of ketones is 1. The van der Waals surface area contributed by atoms with Gasteiger partial charge in [0, 0.05) is 13.2 Å². The van der Waals surface area contributed by atoms with Crippen LogP contribution in [0.3, 0.4) is 0 Å². The highest BCUT2D eigenvalue weighted by Gasteiger charge is 2.35. The number of benzene rings is 1. The molecule has 1 aliphatic heterocycles. The number of hydrogen-bond donors (Lipinski definition) is 0. The van der Waals surface area contributed by atoms with E-state index in [-0.39, 0.29) is 0 Å². The van der Waals surface area contributed by atoms with E-state index in [0.29, 0.717) is 31.0 Å². The molecule has 0 N–H and O–H groups in total. The molecule has 4 nitrogen and oxygen atoms in total. The fourth-order valence-corrected chi connectivity index (χ4v) is 1.94. The second-order valence-electron chi connectivity index (χ2n) is 4.00. The van der Waals surface area contributed by atoms with Crippen molar-refractivity contribution in [2.24, 2.45) is 0 Å². The van der Waals surface area contributed by atoms with E-state index in [1.54, 1.807) is 6.07 Å². The number of Topliss-reactive ketones (excluding diaryl/α,β-unsaturated/α-hetero) is 1. The van der Waals surface area contributed by atoms with Crippen LogP contribution in [0.25, 0.3) is 0 Å². The van der Waals surface area contributed by atoms with Crippen LogP contribution in [0.15, 0.2) is 18.2 Å². The lowest BCUT2D eigenvalue weighted by atomic mass is 10.1. The highest BCUT2D eigenvalue weighted by molar-refractivity contribution is 6.52. The second-order valence-corrected chi connectivity index (χ2v) is 4.00. The molecular formula is C13H15NO3. The van der Waals surface area contributed by atoms with E-state index in [4.69, 9.17) is 4.74 Å². The normalized spacial score (nSPS) is 14.4. The van der Waals surface area contributed by atoms with Gasteiger partial charge in [0.15, 0.2) is 0 Å². The fourth-order valence-electron chi connectivity index (χ4n) is 1.94. The van der Waals surface area contributed by atoms with Crippen LogP contribution in [0.5, 0.6) is 0 Å². The monoisotopic (exact) mass is 233 g/mol. The predicted octanol–water partition coefficient (Wildman–Crippen LogP) is 1.56. The van der Waals surface area contributed by atoms with Crippen molar-refractivity contribution >= 4 is 17.4 Å². The molecule has 90 valence electrons. The molecule has 2 rings (SSSR count). The summed E-state index contributed by atoms with van der Waals surface area (Å²) in [6.07, 6.45) is 0. The van der Waals surface area contributed by atoms with Crippen LogP contribution in [0.2, 0.25) is 0 Å². The van der Waals surface area contributed by atoms with E-state index < -0.39 is 11.7 Å². The molecule has 1 aromatic rings. The number of ether oxygens (including phenoxy) is 1.